The van der Waals surface area contributed by atoms with Crippen LogP contribution in [0.2, 0.25) is 0 Å². The van der Waals surface area contributed by atoms with Crippen molar-refractivity contribution in [1.29, 1.82) is 0 Å². The van der Waals surface area contributed by atoms with Gasteiger partial charge in [0.25, 0.3) is 0 Å². The molecule has 1 aliphatic carbocycles. The lowest BCUT2D eigenvalue weighted by atomic mass is 9.84. The first kappa shape index (κ1) is 11.5. The van der Waals surface area contributed by atoms with Gasteiger partial charge in [-0.3, -0.25) is 0 Å². The molecule has 0 aromatic carbocycles. The van der Waals surface area contributed by atoms with Gasteiger partial charge < -0.3 is 10.8 Å². The van der Waals surface area contributed by atoms with E-state index in [1.807, 2.05) is 0 Å². The molecule has 0 aromatic heterocycles. The number of rotatable bonds is 4. The van der Waals surface area contributed by atoms with E-state index in [1.54, 1.807) is 0 Å². The van der Waals surface area contributed by atoms with Gasteiger partial charge in [-0.25, -0.2) is 0 Å². The lowest BCUT2D eigenvalue weighted by Crippen LogP contribution is -2.37. The highest BCUT2D eigenvalue weighted by Crippen LogP contribution is 2.27. The summed E-state index contributed by atoms with van der Waals surface area (Å²) in [5.41, 5.74) is 5.88. The summed E-state index contributed by atoms with van der Waals surface area (Å²) in [7, 11) is 0. The third kappa shape index (κ3) is 3.96. The highest BCUT2D eigenvalue weighted by Gasteiger charge is 2.20. The van der Waals surface area contributed by atoms with E-state index in [1.165, 1.54) is 32.1 Å². The normalized spacial score (nSPS) is 24.2. The topological polar surface area (TPSA) is 46.2 Å². The Morgan fingerprint density at radius 2 is 1.92 bits per heavy atom. The zero-order chi connectivity index (χ0) is 9.68. The predicted molar refractivity (Wildman–Crippen MR) is 59.0 cm³/mol. The van der Waals surface area contributed by atoms with Gasteiger partial charge in [0.1, 0.15) is 0 Å². The molecule has 0 bridgehead atoms. The number of nitrogens with two attached hydrogens (primary N) is 1. The quantitative estimate of drug-likeness (QED) is 0.750. The van der Waals surface area contributed by atoms with Crippen molar-refractivity contribution in [3.8, 4) is 0 Å². The summed E-state index contributed by atoms with van der Waals surface area (Å²) in [5, 5.41) is 10.1. The monoisotopic (exact) mass is 249 g/mol. The lowest BCUT2D eigenvalue weighted by molar-refractivity contribution is 0.148. The minimum atomic E-state index is -0.373. The maximum absolute atomic E-state index is 9.49. The average Bonchev–Trinajstić information content (AvgIpc) is 2.18. The van der Waals surface area contributed by atoms with Gasteiger partial charge >= 0.3 is 0 Å². The lowest BCUT2D eigenvalue weighted by Gasteiger charge is -2.26. The fourth-order valence-electron chi connectivity index (χ4n) is 2.08. The number of hydrogen-bond acceptors (Lipinski definition) is 2. The first-order valence-electron chi connectivity index (χ1n) is 5.23. The van der Waals surface area contributed by atoms with E-state index >= 15 is 0 Å². The molecule has 2 atom stereocenters. The summed E-state index contributed by atoms with van der Waals surface area (Å²) in [4.78, 5) is 0. The standard InChI is InChI=1S/C10H20BrNO/c11-7-10(13)9(12)6-8-4-2-1-3-5-8/h8-10,13H,1-7,12H2/t9-,10?/m0/s1. The predicted octanol–water partition coefficient (Wildman–Crippen LogP) is 2.04. The summed E-state index contributed by atoms with van der Waals surface area (Å²) in [6.45, 7) is 0. The number of hydrogen-bond donors (Lipinski definition) is 2. The molecule has 1 aliphatic rings. The molecule has 78 valence electrons. The van der Waals surface area contributed by atoms with Crippen molar-refractivity contribution in [3.63, 3.8) is 0 Å². The summed E-state index contributed by atoms with van der Waals surface area (Å²) in [5.74, 6) is 0.762. The molecule has 1 fully saturated rings. The van der Waals surface area contributed by atoms with Crippen LogP contribution in [0.4, 0.5) is 0 Å². The molecule has 13 heavy (non-hydrogen) atoms. The molecule has 3 heteroatoms. The summed E-state index contributed by atoms with van der Waals surface area (Å²) in [6.07, 6.45) is 7.32. The van der Waals surface area contributed by atoms with Crippen molar-refractivity contribution in [3.05, 3.63) is 0 Å². The van der Waals surface area contributed by atoms with Crippen LogP contribution in [0.1, 0.15) is 38.5 Å². The largest absolute Gasteiger partial charge is 0.391 e. The van der Waals surface area contributed by atoms with Crippen molar-refractivity contribution in [2.24, 2.45) is 11.7 Å². The molecule has 2 nitrogen and oxygen atoms in total. The Labute approximate surface area is 89.0 Å². The molecule has 1 saturated carbocycles. The Kier molecular flexibility index (Phi) is 5.29. The van der Waals surface area contributed by atoms with Crippen molar-refractivity contribution in [2.75, 3.05) is 5.33 Å². The molecule has 0 aromatic rings. The fraction of sp³-hybridized carbons (Fsp3) is 1.00. The summed E-state index contributed by atoms with van der Waals surface area (Å²) in [6, 6.07) is -0.0394. The van der Waals surface area contributed by atoms with E-state index < -0.39 is 0 Å². The average molecular weight is 250 g/mol. The van der Waals surface area contributed by atoms with Gasteiger partial charge in [-0.1, -0.05) is 48.0 Å². The van der Waals surface area contributed by atoms with E-state index in [-0.39, 0.29) is 12.1 Å². The van der Waals surface area contributed by atoms with Crippen LogP contribution in [0.25, 0.3) is 0 Å². The third-order valence-electron chi connectivity index (χ3n) is 2.98. The van der Waals surface area contributed by atoms with Crippen molar-refractivity contribution >= 4 is 15.9 Å². The summed E-state index contributed by atoms with van der Waals surface area (Å²) >= 11 is 3.25. The molecule has 0 aliphatic heterocycles. The Hall–Kier alpha value is 0.400. The van der Waals surface area contributed by atoms with E-state index in [0.717, 1.165) is 12.3 Å². The molecule has 0 radical (unpaired) electrons. The van der Waals surface area contributed by atoms with E-state index in [4.69, 9.17) is 5.73 Å². The second kappa shape index (κ2) is 5.99. The molecule has 0 heterocycles. The van der Waals surface area contributed by atoms with Gasteiger partial charge in [-0.05, 0) is 12.3 Å². The smallest absolute Gasteiger partial charge is 0.0787 e. The first-order valence-corrected chi connectivity index (χ1v) is 6.35. The number of halogens is 1. The molecule has 0 amide bonds. The van der Waals surface area contributed by atoms with Crippen LogP contribution in [-0.4, -0.2) is 22.6 Å². The Balaban J connectivity index is 2.21. The van der Waals surface area contributed by atoms with E-state index in [9.17, 15) is 5.11 Å². The molecule has 0 spiro atoms. The van der Waals surface area contributed by atoms with Crippen LogP contribution in [0, 0.1) is 5.92 Å². The Morgan fingerprint density at radius 1 is 1.31 bits per heavy atom. The molecular weight excluding hydrogens is 230 g/mol. The third-order valence-corrected chi connectivity index (χ3v) is 3.65. The second-order valence-corrected chi connectivity index (χ2v) is 4.77. The van der Waals surface area contributed by atoms with Crippen molar-refractivity contribution in [2.45, 2.75) is 50.7 Å². The first-order chi connectivity index (χ1) is 6.24. The van der Waals surface area contributed by atoms with Crippen LogP contribution in [0.5, 0.6) is 0 Å². The second-order valence-electron chi connectivity index (χ2n) is 4.13. The molecule has 1 rings (SSSR count). The molecule has 0 saturated heterocycles. The SMILES string of the molecule is N[C@@H](CC1CCCCC1)C(O)CBr. The van der Waals surface area contributed by atoms with Crippen molar-refractivity contribution < 1.29 is 5.11 Å². The van der Waals surface area contributed by atoms with Gasteiger partial charge in [0, 0.05) is 11.4 Å². The van der Waals surface area contributed by atoms with Gasteiger partial charge in [-0.2, -0.15) is 0 Å². The van der Waals surface area contributed by atoms with Crippen LogP contribution in [0.3, 0.4) is 0 Å². The van der Waals surface area contributed by atoms with Gasteiger partial charge in [0.05, 0.1) is 6.10 Å². The minimum Gasteiger partial charge on any atom is -0.391 e. The molecular formula is C10H20BrNO. The number of alkyl halides is 1. The van der Waals surface area contributed by atoms with Gasteiger partial charge in [0.2, 0.25) is 0 Å². The van der Waals surface area contributed by atoms with Crippen LogP contribution in [-0.2, 0) is 0 Å². The molecule has 1 unspecified atom stereocenters. The van der Waals surface area contributed by atoms with Gasteiger partial charge in [-0.15, -0.1) is 0 Å². The highest BCUT2D eigenvalue weighted by atomic mass is 79.9. The summed E-state index contributed by atoms with van der Waals surface area (Å²) < 4.78 is 0. The van der Waals surface area contributed by atoms with E-state index in [2.05, 4.69) is 15.9 Å². The highest BCUT2D eigenvalue weighted by molar-refractivity contribution is 9.09. The van der Waals surface area contributed by atoms with Crippen LogP contribution >= 0.6 is 15.9 Å². The number of aliphatic hydroxyl groups excluding tert-OH is 1. The zero-order valence-electron chi connectivity index (χ0n) is 8.08. The van der Waals surface area contributed by atoms with Crippen molar-refractivity contribution in [1.82, 2.24) is 0 Å². The van der Waals surface area contributed by atoms with Crippen LogP contribution in [0.15, 0.2) is 0 Å². The minimum absolute atomic E-state index is 0.0394. The Bertz CT molecular complexity index is 137. The zero-order valence-corrected chi connectivity index (χ0v) is 9.67. The maximum Gasteiger partial charge on any atom is 0.0787 e. The molecule has 3 N–H and O–H groups in total. The number of aliphatic hydroxyl groups is 1. The van der Waals surface area contributed by atoms with Gasteiger partial charge in [0.15, 0.2) is 0 Å². The van der Waals surface area contributed by atoms with Crippen LogP contribution < -0.4 is 5.73 Å². The Morgan fingerprint density at radius 3 is 2.46 bits per heavy atom. The maximum atomic E-state index is 9.49. The fourth-order valence-corrected chi connectivity index (χ4v) is 2.56. The van der Waals surface area contributed by atoms with E-state index in [0.29, 0.717) is 5.33 Å².